The Hall–Kier alpha value is -3.02. The van der Waals surface area contributed by atoms with Crippen molar-refractivity contribution in [2.24, 2.45) is 5.92 Å². The van der Waals surface area contributed by atoms with E-state index in [4.69, 9.17) is 0 Å². The van der Waals surface area contributed by atoms with Gasteiger partial charge in [-0.2, -0.15) is 0 Å². The second-order valence-electron chi connectivity index (χ2n) is 6.78. The van der Waals surface area contributed by atoms with Crippen molar-refractivity contribution in [1.82, 2.24) is 15.2 Å². The van der Waals surface area contributed by atoms with Crippen LogP contribution in [0.1, 0.15) is 30.3 Å². The molecule has 0 radical (unpaired) electrons. The normalized spacial score (nSPS) is 15.2. The summed E-state index contributed by atoms with van der Waals surface area (Å²) in [7, 11) is 0. The van der Waals surface area contributed by atoms with E-state index in [1.165, 1.54) is 0 Å². The first kappa shape index (κ1) is 16.4. The van der Waals surface area contributed by atoms with E-state index in [-0.39, 0.29) is 5.91 Å². The van der Waals surface area contributed by atoms with Gasteiger partial charge in [-0.25, -0.2) is 0 Å². The average Bonchev–Trinajstić information content (AvgIpc) is 2.69. The fraction of sp³-hybridized carbons (Fsp3) is 0.300. The number of pyridine rings is 1. The zero-order valence-corrected chi connectivity index (χ0v) is 14.7. The SMILES string of the molecule is CC1CCN(c2ccc(C(=O)Nc3cccc4cccnc34)nn2)CC1. The van der Waals surface area contributed by atoms with Crippen molar-refractivity contribution in [3.05, 3.63) is 54.4 Å². The summed E-state index contributed by atoms with van der Waals surface area (Å²) < 4.78 is 0. The van der Waals surface area contributed by atoms with E-state index in [9.17, 15) is 4.79 Å². The van der Waals surface area contributed by atoms with E-state index in [1.807, 2.05) is 36.4 Å². The highest BCUT2D eigenvalue weighted by atomic mass is 16.1. The molecule has 0 atom stereocenters. The molecule has 1 N–H and O–H groups in total. The Kier molecular flexibility index (Phi) is 4.48. The van der Waals surface area contributed by atoms with Crippen molar-refractivity contribution >= 4 is 28.3 Å². The standard InChI is InChI=1S/C20H21N5O/c1-14-9-12-25(13-10-14)18-8-7-17(23-24-18)20(26)22-16-6-2-4-15-5-3-11-21-19(15)16/h2-8,11,14H,9-10,12-13H2,1H3,(H,22,26). The molecule has 4 rings (SSSR count). The number of aromatic nitrogens is 3. The van der Waals surface area contributed by atoms with Gasteiger partial charge in [0, 0.05) is 24.7 Å². The van der Waals surface area contributed by atoms with E-state index < -0.39 is 0 Å². The zero-order valence-electron chi connectivity index (χ0n) is 14.7. The molecule has 1 aliphatic heterocycles. The molecule has 0 saturated carbocycles. The maximum absolute atomic E-state index is 12.5. The van der Waals surface area contributed by atoms with Crippen LogP contribution in [-0.2, 0) is 0 Å². The number of piperidine rings is 1. The van der Waals surface area contributed by atoms with Crippen LogP contribution in [0.2, 0.25) is 0 Å². The zero-order chi connectivity index (χ0) is 17.9. The van der Waals surface area contributed by atoms with Gasteiger partial charge in [0.15, 0.2) is 11.5 Å². The summed E-state index contributed by atoms with van der Waals surface area (Å²) in [6.45, 7) is 4.25. The monoisotopic (exact) mass is 347 g/mol. The number of rotatable bonds is 3. The smallest absolute Gasteiger partial charge is 0.276 e. The predicted molar refractivity (Wildman–Crippen MR) is 102 cm³/mol. The van der Waals surface area contributed by atoms with Crippen LogP contribution in [0, 0.1) is 5.92 Å². The number of amides is 1. The number of nitrogens with one attached hydrogen (secondary N) is 1. The molecule has 6 nitrogen and oxygen atoms in total. The summed E-state index contributed by atoms with van der Waals surface area (Å²) in [5.41, 5.74) is 1.73. The molecule has 0 aliphatic carbocycles. The second kappa shape index (κ2) is 7.07. The van der Waals surface area contributed by atoms with Crippen molar-refractivity contribution in [2.45, 2.75) is 19.8 Å². The van der Waals surface area contributed by atoms with Crippen LogP contribution in [0.4, 0.5) is 11.5 Å². The highest BCUT2D eigenvalue weighted by molar-refractivity contribution is 6.07. The van der Waals surface area contributed by atoms with Gasteiger partial charge >= 0.3 is 0 Å². The molecule has 1 fully saturated rings. The van der Waals surface area contributed by atoms with Gasteiger partial charge in [-0.1, -0.05) is 25.1 Å². The van der Waals surface area contributed by atoms with Gasteiger partial charge in [-0.05, 0) is 43.0 Å². The Morgan fingerprint density at radius 3 is 2.65 bits per heavy atom. The first-order chi connectivity index (χ1) is 12.7. The first-order valence-electron chi connectivity index (χ1n) is 8.94. The molecule has 0 unspecified atom stereocenters. The molecule has 3 aromatic rings. The fourth-order valence-corrected chi connectivity index (χ4v) is 3.24. The van der Waals surface area contributed by atoms with Crippen LogP contribution in [0.3, 0.4) is 0 Å². The van der Waals surface area contributed by atoms with Gasteiger partial charge in [-0.15, -0.1) is 10.2 Å². The summed E-state index contributed by atoms with van der Waals surface area (Å²) in [6.07, 6.45) is 4.04. The third kappa shape index (κ3) is 3.35. The molecule has 1 aromatic carbocycles. The van der Waals surface area contributed by atoms with Crippen molar-refractivity contribution < 1.29 is 4.79 Å². The third-order valence-corrected chi connectivity index (χ3v) is 4.87. The van der Waals surface area contributed by atoms with E-state index in [2.05, 4.69) is 32.3 Å². The number of para-hydroxylation sites is 1. The van der Waals surface area contributed by atoms with Crippen molar-refractivity contribution in [2.75, 3.05) is 23.3 Å². The number of benzene rings is 1. The molecule has 2 aromatic heterocycles. The largest absolute Gasteiger partial charge is 0.355 e. The average molecular weight is 347 g/mol. The molecule has 132 valence electrons. The summed E-state index contributed by atoms with van der Waals surface area (Å²) in [5.74, 6) is 1.31. The minimum absolute atomic E-state index is 0.283. The Morgan fingerprint density at radius 2 is 1.88 bits per heavy atom. The highest BCUT2D eigenvalue weighted by Gasteiger charge is 2.18. The van der Waals surface area contributed by atoms with Gasteiger partial charge in [0.2, 0.25) is 0 Å². The van der Waals surface area contributed by atoms with E-state index in [1.54, 1.807) is 12.3 Å². The van der Waals surface area contributed by atoms with Crippen LogP contribution in [0.25, 0.3) is 10.9 Å². The van der Waals surface area contributed by atoms with Crippen LogP contribution in [0.5, 0.6) is 0 Å². The minimum atomic E-state index is -0.283. The van der Waals surface area contributed by atoms with Crippen LogP contribution < -0.4 is 10.2 Å². The van der Waals surface area contributed by atoms with Gasteiger partial charge in [0.05, 0.1) is 11.2 Å². The summed E-state index contributed by atoms with van der Waals surface area (Å²) >= 11 is 0. The Morgan fingerprint density at radius 1 is 1.08 bits per heavy atom. The first-order valence-corrected chi connectivity index (χ1v) is 8.94. The summed E-state index contributed by atoms with van der Waals surface area (Å²) in [4.78, 5) is 19.1. The van der Waals surface area contributed by atoms with Gasteiger partial charge in [0.1, 0.15) is 0 Å². The van der Waals surface area contributed by atoms with Crippen molar-refractivity contribution in [3.8, 4) is 0 Å². The lowest BCUT2D eigenvalue weighted by Gasteiger charge is -2.30. The lowest BCUT2D eigenvalue weighted by Crippen LogP contribution is -2.33. The molecule has 6 heteroatoms. The van der Waals surface area contributed by atoms with E-state index in [0.29, 0.717) is 11.4 Å². The molecule has 1 amide bonds. The van der Waals surface area contributed by atoms with Crippen LogP contribution >= 0.6 is 0 Å². The van der Waals surface area contributed by atoms with E-state index >= 15 is 0 Å². The number of anilines is 2. The molecule has 1 aliphatic rings. The molecule has 1 saturated heterocycles. The molecule has 0 spiro atoms. The lowest BCUT2D eigenvalue weighted by molar-refractivity contribution is 0.102. The molecular weight excluding hydrogens is 326 g/mol. The second-order valence-corrected chi connectivity index (χ2v) is 6.78. The summed E-state index contributed by atoms with van der Waals surface area (Å²) in [5, 5.41) is 12.2. The molecule has 26 heavy (non-hydrogen) atoms. The van der Waals surface area contributed by atoms with Crippen LogP contribution in [0.15, 0.2) is 48.7 Å². The van der Waals surface area contributed by atoms with Crippen molar-refractivity contribution in [1.29, 1.82) is 0 Å². The van der Waals surface area contributed by atoms with Gasteiger partial charge in [-0.3, -0.25) is 9.78 Å². The molecule has 3 heterocycles. The topological polar surface area (TPSA) is 71.0 Å². The van der Waals surface area contributed by atoms with Crippen LogP contribution in [-0.4, -0.2) is 34.2 Å². The number of nitrogens with zero attached hydrogens (tertiary/aromatic N) is 4. The quantitative estimate of drug-likeness (QED) is 0.785. The predicted octanol–water partition coefficient (Wildman–Crippen LogP) is 3.51. The third-order valence-electron chi connectivity index (χ3n) is 4.87. The summed E-state index contributed by atoms with van der Waals surface area (Å²) in [6, 6.07) is 13.1. The fourth-order valence-electron chi connectivity index (χ4n) is 3.24. The Bertz CT molecular complexity index is 912. The van der Waals surface area contributed by atoms with Gasteiger partial charge < -0.3 is 10.2 Å². The lowest BCUT2D eigenvalue weighted by atomic mass is 9.99. The number of hydrogen-bond acceptors (Lipinski definition) is 5. The van der Waals surface area contributed by atoms with Crippen molar-refractivity contribution in [3.63, 3.8) is 0 Å². The van der Waals surface area contributed by atoms with E-state index in [0.717, 1.165) is 48.6 Å². The number of fused-ring (bicyclic) bond motifs is 1. The molecule has 0 bridgehead atoms. The number of carbonyl (C=O) groups is 1. The molecular formula is C20H21N5O. The Labute approximate surface area is 152 Å². The highest BCUT2D eigenvalue weighted by Crippen LogP contribution is 2.22. The number of carbonyl (C=O) groups excluding carboxylic acids is 1. The number of hydrogen-bond donors (Lipinski definition) is 1. The Balaban J connectivity index is 1.50. The van der Waals surface area contributed by atoms with Gasteiger partial charge in [0.25, 0.3) is 5.91 Å². The maximum Gasteiger partial charge on any atom is 0.276 e. The minimum Gasteiger partial charge on any atom is -0.355 e. The maximum atomic E-state index is 12.5.